The predicted molar refractivity (Wildman–Crippen MR) is 76.9 cm³/mol. The Morgan fingerprint density at radius 1 is 1.30 bits per heavy atom. The van der Waals surface area contributed by atoms with Gasteiger partial charge < -0.3 is 10.4 Å². The van der Waals surface area contributed by atoms with Crippen LogP contribution in [-0.2, 0) is 6.54 Å². The molecule has 20 heavy (non-hydrogen) atoms. The number of hydrogen-bond acceptors (Lipinski definition) is 4. The Morgan fingerprint density at radius 2 is 1.95 bits per heavy atom. The summed E-state index contributed by atoms with van der Waals surface area (Å²) in [7, 11) is 0. The number of carboxylic acids is 1. The standard InChI is InChI=1S/C11H9Cl3N4O2/c12-6-3-7(13)10(8(14)4-6)15-1-2-18-5-9(11(19)20)16-17-18/h3-5,15H,1-2H2,(H,19,20). The molecule has 0 unspecified atom stereocenters. The molecule has 0 saturated carbocycles. The SMILES string of the molecule is O=C(O)c1cn(CCNc2c(Cl)cc(Cl)cc2Cl)nn1. The van der Waals surface area contributed by atoms with Crippen molar-refractivity contribution in [1.82, 2.24) is 15.0 Å². The summed E-state index contributed by atoms with van der Waals surface area (Å²) in [5.41, 5.74) is 0.462. The van der Waals surface area contributed by atoms with Crippen LogP contribution in [0.5, 0.6) is 0 Å². The second-order valence-electron chi connectivity index (χ2n) is 3.84. The molecule has 0 aliphatic carbocycles. The zero-order valence-electron chi connectivity index (χ0n) is 9.98. The first-order valence-electron chi connectivity index (χ1n) is 5.49. The number of nitrogens with zero attached hydrogens (tertiary/aromatic N) is 3. The van der Waals surface area contributed by atoms with E-state index < -0.39 is 5.97 Å². The van der Waals surface area contributed by atoms with Crippen LogP contribution in [0.3, 0.4) is 0 Å². The summed E-state index contributed by atoms with van der Waals surface area (Å²) in [4.78, 5) is 10.7. The summed E-state index contributed by atoms with van der Waals surface area (Å²) in [6, 6.07) is 3.16. The lowest BCUT2D eigenvalue weighted by Crippen LogP contribution is -2.11. The lowest BCUT2D eigenvalue weighted by atomic mass is 10.3. The van der Waals surface area contributed by atoms with E-state index in [1.165, 1.54) is 10.9 Å². The fraction of sp³-hybridized carbons (Fsp3) is 0.182. The van der Waals surface area contributed by atoms with E-state index in [0.29, 0.717) is 33.8 Å². The molecule has 6 nitrogen and oxygen atoms in total. The second kappa shape index (κ2) is 6.30. The first-order chi connectivity index (χ1) is 9.47. The number of halogens is 3. The van der Waals surface area contributed by atoms with Gasteiger partial charge in [-0.15, -0.1) is 5.10 Å². The highest BCUT2D eigenvalue weighted by Gasteiger charge is 2.09. The minimum atomic E-state index is -1.12. The topological polar surface area (TPSA) is 80.0 Å². The van der Waals surface area contributed by atoms with Gasteiger partial charge in [0.1, 0.15) is 0 Å². The van der Waals surface area contributed by atoms with Crippen molar-refractivity contribution >= 4 is 46.5 Å². The van der Waals surface area contributed by atoms with Crippen LogP contribution < -0.4 is 5.32 Å². The molecule has 1 aromatic carbocycles. The molecule has 0 saturated heterocycles. The number of aromatic nitrogens is 3. The Balaban J connectivity index is 1.97. The van der Waals surface area contributed by atoms with Gasteiger partial charge in [0.05, 0.1) is 28.5 Å². The molecule has 0 atom stereocenters. The number of carboxylic acid groups (broad SMARTS) is 1. The third kappa shape index (κ3) is 3.53. The van der Waals surface area contributed by atoms with Crippen molar-refractivity contribution in [3.8, 4) is 0 Å². The molecule has 2 rings (SSSR count). The monoisotopic (exact) mass is 334 g/mol. The number of anilines is 1. The van der Waals surface area contributed by atoms with Crippen molar-refractivity contribution in [2.75, 3.05) is 11.9 Å². The lowest BCUT2D eigenvalue weighted by Gasteiger charge is -2.10. The molecular formula is C11H9Cl3N4O2. The second-order valence-corrected chi connectivity index (χ2v) is 5.09. The van der Waals surface area contributed by atoms with E-state index in [2.05, 4.69) is 15.6 Å². The van der Waals surface area contributed by atoms with E-state index >= 15 is 0 Å². The number of rotatable bonds is 5. The van der Waals surface area contributed by atoms with E-state index in [4.69, 9.17) is 39.9 Å². The van der Waals surface area contributed by atoms with Gasteiger partial charge in [0.15, 0.2) is 5.69 Å². The molecule has 0 amide bonds. The van der Waals surface area contributed by atoms with Crippen LogP contribution in [-0.4, -0.2) is 32.6 Å². The maximum Gasteiger partial charge on any atom is 0.358 e. The van der Waals surface area contributed by atoms with Gasteiger partial charge in [-0.2, -0.15) is 0 Å². The number of nitrogens with one attached hydrogen (secondary N) is 1. The smallest absolute Gasteiger partial charge is 0.358 e. The Morgan fingerprint density at radius 3 is 2.50 bits per heavy atom. The largest absolute Gasteiger partial charge is 0.476 e. The van der Waals surface area contributed by atoms with Gasteiger partial charge in [-0.05, 0) is 12.1 Å². The van der Waals surface area contributed by atoms with Crippen LogP contribution in [0.4, 0.5) is 5.69 Å². The number of carbonyl (C=O) groups is 1. The molecule has 9 heteroatoms. The van der Waals surface area contributed by atoms with Gasteiger partial charge in [-0.3, -0.25) is 0 Å². The van der Waals surface area contributed by atoms with Crippen molar-refractivity contribution in [3.05, 3.63) is 39.1 Å². The number of benzene rings is 1. The first kappa shape index (κ1) is 14.9. The summed E-state index contributed by atoms with van der Waals surface area (Å²) < 4.78 is 1.41. The molecule has 0 radical (unpaired) electrons. The zero-order chi connectivity index (χ0) is 14.7. The van der Waals surface area contributed by atoms with E-state index in [0.717, 1.165) is 0 Å². The average Bonchev–Trinajstić information content (AvgIpc) is 2.81. The third-order valence-electron chi connectivity index (χ3n) is 2.41. The van der Waals surface area contributed by atoms with Crippen molar-refractivity contribution in [2.24, 2.45) is 0 Å². The molecule has 2 N–H and O–H groups in total. The van der Waals surface area contributed by atoms with Crippen molar-refractivity contribution < 1.29 is 9.90 Å². The van der Waals surface area contributed by atoms with Crippen LogP contribution in [0, 0.1) is 0 Å². The van der Waals surface area contributed by atoms with Crippen LogP contribution >= 0.6 is 34.8 Å². The maximum absolute atomic E-state index is 10.7. The quantitative estimate of drug-likeness (QED) is 0.878. The van der Waals surface area contributed by atoms with E-state index in [9.17, 15) is 4.79 Å². The average molecular weight is 336 g/mol. The van der Waals surface area contributed by atoms with Gasteiger partial charge in [0, 0.05) is 11.6 Å². The van der Waals surface area contributed by atoms with Crippen molar-refractivity contribution in [1.29, 1.82) is 0 Å². The van der Waals surface area contributed by atoms with Gasteiger partial charge in [0.25, 0.3) is 0 Å². The van der Waals surface area contributed by atoms with Gasteiger partial charge in [-0.1, -0.05) is 40.0 Å². The summed E-state index contributed by atoms with van der Waals surface area (Å²) in [5.74, 6) is -1.12. The van der Waals surface area contributed by atoms with Gasteiger partial charge in [0.2, 0.25) is 0 Å². The highest BCUT2D eigenvalue weighted by Crippen LogP contribution is 2.33. The summed E-state index contributed by atoms with van der Waals surface area (Å²) in [6.45, 7) is 0.860. The fourth-order valence-corrected chi connectivity index (χ4v) is 2.46. The Bertz CT molecular complexity index is 621. The van der Waals surface area contributed by atoms with Crippen molar-refractivity contribution in [3.63, 3.8) is 0 Å². The fourth-order valence-electron chi connectivity index (χ4n) is 1.51. The molecule has 0 spiro atoms. The molecule has 0 aliphatic rings. The molecule has 1 aromatic heterocycles. The van der Waals surface area contributed by atoms with Crippen LogP contribution in [0.2, 0.25) is 15.1 Å². The van der Waals surface area contributed by atoms with Crippen LogP contribution in [0.1, 0.15) is 10.5 Å². The summed E-state index contributed by atoms with van der Waals surface area (Å²) >= 11 is 17.8. The Hall–Kier alpha value is -1.50. The van der Waals surface area contributed by atoms with Crippen molar-refractivity contribution in [2.45, 2.75) is 6.54 Å². The highest BCUT2D eigenvalue weighted by molar-refractivity contribution is 6.41. The molecule has 0 aliphatic heterocycles. The Kier molecular flexibility index (Phi) is 4.69. The first-order valence-corrected chi connectivity index (χ1v) is 6.62. The minimum absolute atomic E-state index is 0.104. The summed E-state index contributed by atoms with van der Waals surface area (Å²) in [6.07, 6.45) is 1.34. The molecule has 2 aromatic rings. The number of aromatic carboxylic acids is 1. The van der Waals surface area contributed by atoms with Gasteiger partial charge >= 0.3 is 5.97 Å². The maximum atomic E-state index is 10.7. The molecule has 0 bridgehead atoms. The molecule has 0 fully saturated rings. The predicted octanol–water partition coefficient (Wildman–Crippen LogP) is 3.05. The summed E-state index contributed by atoms with van der Waals surface area (Å²) in [5, 5.41) is 20.2. The van der Waals surface area contributed by atoms with E-state index in [-0.39, 0.29) is 5.69 Å². The van der Waals surface area contributed by atoms with E-state index in [1.807, 2.05) is 0 Å². The normalized spacial score (nSPS) is 10.6. The minimum Gasteiger partial charge on any atom is -0.476 e. The van der Waals surface area contributed by atoms with E-state index in [1.54, 1.807) is 12.1 Å². The van der Waals surface area contributed by atoms with Crippen LogP contribution in [0.15, 0.2) is 18.3 Å². The number of hydrogen-bond donors (Lipinski definition) is 2. The molecule has 1 heterocycles. The highest BCUT2D eigenvalue weighted by atomic mass is 35.5. The molecular weight excluding hydrogens is 327 g/mol. The van der Waals surface area contributed by atoms with Gasteiger partial charge in [-0.25, -0.2) is 9.48 Å². The zero-order valence-corrected chi connectivity index (χ0v) is 12.2. The lowest BCUT2D eigenvalue weighted by molar-refractivity contribution is 0.0690. The van der Waals surface area contributed by atoms with Crippen LogP contribution in [0.25, 0.3) is 0 Å². The Labute approximate surface area is 129 Å². The molecule has 106 valence electrons. The third-order valence-corrected chi connectivity index (χ3v) is 3.22.